The van der Waals surface area contributed by atoms with Crippen LogP contribution in [0.5, 0.6) is 0 Å². The molecule has 1 aliphatic rings. The van der Waals surface area contributed by atoms with E-state index in [0.717, 1.165) is 38.4 Å². The number of para-hydroxylation sites is 1. The number of hydrogen-bond donors (Lipinski definition) is 1. The average molecular weight is 234 g/mol. The van der Waals surface area contributed by atoms with Gasteiger partial charge in [0, 0.05) is 11.3 Å². The molecule has 0 saturated carbocycles. The smallest absolute Gasteiger partial charge is 0.0949 e. The second kappa shape index (κ2) is 5.19. The number of likely N-dealkylation sites (N-methyl/N-ethyl adjacent to an activating group) is 1. The molecule has 0 amide bonds. The number of nitrogens with zero attached hydrogens (tertiary/aromatic N) is 1. The van der Waals surface area contributed by atoms with Crippen molar-refractivity contribution >= 4 is 11.7 Å². The molecular weight excluding hydrogens is 216 g/mol. The van der Waals surface area contributed by atoms with E-state index in [0.29, 0.717) is 5.56 Å². The molecule has 0 atom stereocenters. The number of hydrogen-bond acceptors (Lipinski definition) is 3. The van der Waals surface area contributed by atoms with Crippen molar-refractivity contribution < 1.29 is 14.8 Å². The monoisotopic (exact) mass is 234 g/mol. The van der Waals surface area contributed by atoms with E-state index in [-0.39, 0.29) is 0 Å². The molecule has 1 N–H and O–H groups in total. The molecule has 0 aromatic heterocycles. The highest BCUT2D eigenvalue weighted by Gasteiger charge is 2.20. The fourth-order valence-corrected chi connectivity index (χ4v) is 2.34. The minimum absolute atomic E-state index is 0.299. The Morgan fingerprint density at radius 1 is 1.35 bits per heavy atom. The molecule has 0 aliphatic carbocycles. The number of carboxylic acids is 1. The molecule has 1 aromatic carbocycles. The van der Waals surface area contributed by atoms with Gasteiger partial charge < -0.3 is 19.7 Å². The zero-order valence-corrected chi connectivity index (χ0v) is 10.1. The standard InChI is InChI=1S/C13H18N2O2/c1-2-14-7-9-15(10-8-14)12-6-4-3-5-11(12)13(16)17/h3-6H,2,7-10H2,1H3,(H,16,17). The molecule has 1 fully saturated rings. The average Bonchev–Trinajstić information content (AvgIpc) is 2.39. The van der Waals surface area contributed by atoms with Gasteiger partial charge in [0.2, 0.25) is 0 Å². The summed E-state index contributed by atoms with van der Waals surface area (Å²) in [7, 11) is 0. The van der Waals surface area contributed by atoms with Crippen molar-refractivity contribution in [2.75, 3.05) is 37.6 Å². The number of anilines is 1. The number of piperazine rings is 1. The third-order valence-electron chi connectivity index (χ3n) is 3.44. The van der Waals surface area contributed by atoms with E-state index in [9.17, 15) is 9.90 Å². The van der Waals surface area contributed by atoms with Crippen LogP contribution in [0.25, 0.3) is 0 Å². The van der Waals surface area contributed by atoms with Crippen LogP contribution in [0.4, 0.5) is 5.69 Å². The number of carboxylic acid groups (broad SMARTS) is 1. The predicted octanol–water partition coefficient (Wildman–Crippen LogP) is -1.23. The summed E-state index contributed by atoms with van der Waals surface area (Å²) < 4.78 is 0. The van der Waals surface area contributed by atoms with Gasteiger partial charge in [-0.15, -0.1) is 0 Å². The topological polar surface area (TPSA) is 47.8 Å². The number of nitrogens with one attached hydrogen (secondary N) is 1. The molecule has 0 spiro atoms. The zero-order valence-electron chi connectivity index (χ0n) is 10.1. The number of rotatable bonds is 3. The second-order valence-electron chi connectivity index (χ2n) is 4.40. The summed E-state index contributed by atoms with van der Waals surface area (Å²) in [5, 5.41) is 11.0. The molecule has 1 saturated heterocycles. The Hall–Kier alpha value is -1.55. The second-order valence-corrected chi connectivity index (χ2v) is 4.40. The Labute approximate surface area is 101 Å². The highest BCUT2D eigenvalue weighted by molar-refractivity contribution is 5.93. The van der Waals surface area contributed by atoms with E-state index in [1.807, 2.05) is 12.1 Å². The number of benzene rings is 1. The Morgan fingerprint density at radius 3 is 2.59 bits per heavy atom. The molecule has 1 heterocycles. The third-order valence-corrected chi connectivity index (χ3v) is 3.44. The third kappa shape index (κ3) is 2.58. The Balaban J connectivity index is 2.15. The summed E-state index contributed by atoms with van der Waals surface area (Å²) >= 11 is 0. The Bertz CT molecular complexity index is 398. The predicted molar refractivity (Wildman–Crippen MR) is 64.2 cm³/mol. The van der Waals surface area contributed by atoms with Gasteiger partial charge in [0.05, 0.1) is 38.7 Å². The van der Waals surface area contributed by atoms with Gasteiger partial charge in [-0.25, -0.2) is 0 Å². The fourth-order valence-electron chi connectivity index (χ4n) is 2.34. The van der Waals surface area contributed by atoms with Crippen molar-refractivity contribution in [1.29, 1.82) is 0 Å². The van der Waals surface area contributed by atoms with Crippen LogP contribution in [-0.2, 0) is 0 Å². The maximum Gasteiger partial charge on any atom is 0.0949 e. The van der Waals surface area contributed by atoms with Crippen LogP contribution in [0.2, 0.25) is 0 Å². The normalized spacial score (nSPS) is 17.1. The summed E-state index contributed by atoms with van der Waals surface area (Å²) in [6.45, 7) is 7.27. The molecule has 4 heteroatoms. The van der Waals surface area contributed by atoms with Crippen LogP contribution in [0.15, 0.2) is 24.3 Å². The van der Waals surface area contributed by atoms with Crippen molar-refractivity contribution in [2.45, 2.75) is 6.92 Å². The van der Waals surface area contributed by atoms with Gasteiger partial charge in [-0.1, -0.05) is 18.2 Å². The van der Waals surface area contributed by atoms with E-state index in [2.05, 4.69) is 11.8 Å². The molecule has 1 aromatic rings. The molecule has 2 rings (SSSR count). The van der Waals surface area contributed by atoms with E-state index in [4.69, 9.17) is 0 Å². The van der Waals surface area contributed by atoms with Crippen LogP contribution in [0.1, 0.15) is 17.3 Å². The first-order valence-electron chi connectivity index (χ1n) is 6.11. The van der Waals surface area contributed by atoms with Gasteiger partial charge in [-0.2, -0.15) is 0 Å². The lowest BCUT2D eigenvalue weighted by molar-refractivity contribution is -0.898. The van der Waals surface area contributed by atoms with Crippen LogP contribution in [0.3, 0.4) is 0 Å². The lowest BCUT2D eigenvalue weighted by Crippen LogP contribution is -3.14. The highest BCUT2D eigenvalue weighted by Crippen LogP contribution is 2.19. The minimum Gasteiger partial charge on any atom is -0.545 e. The zero-order chi connectivity index (χ0) is 12.3. The molecule has 92 valence electrons. The van der Waals surface area contributed by atoms with E-state index >= 15 is 0 Å². The van der Waals surface area contributed by atoms with E-state index in [1.165, 1.54) is 0 Å². The number of aromatic carboxylic acids is 1. The fraction of sp³-hybridized carbons (Fsp3) is 0.462. The Morgan fingerprint density at radius 2 is 2.00 bits per heavy atom. The highest BCUT2D eigenvalue weighted by atomic mass is 16.4. The van der Waals surface area contributed by atoms with Crippen LogP contribution < -0.4 is 14.9 Å². The van der Waals surface area contributed by atoms with Crippen molar-refractivity contribution in [2.24, 2.45) is 0 Å². The number of quaternary nitrogens is 1. The van der Waals surface area contributed by atoms with Gasteiger partial charge in [0.25, 0.3) is 0 Å². The SMILES string of the molecule is CC[NH+]1CCN(c2ccccc2C(=O)[O-])CC1. The minimum atomic E-state index is -1.09. The summed E-state index contributed by atoms with van der Waals surface area (Å²) in [4.78, 5) is 14.8. The molecular formula is C13H18N2O2. The maximum atomic E-state index is 11.0. The van der Waals surface area contributed by atoms with Crippen molar-refractivity contribution in [3.05, 3.63) is 29.8 Å². The Kier molecular flexibility index (Phi) is 3.64. The molecule has 17 heavy (non-hydrogen) atoms. The van der Waals surface area contributed by atoms with Crippen molar-refractivity contribution in [3.8, 4) is 0 Å². The first-order valence-corrected chi connectivity index (χ1v) is 6.11. The van der Waals surface area contributed by atoms with Gasteiger partial charge in [-0.3, -0.25) is 0 Å². The van der Waals surface area contributed by atoms with Gasteiger partial charge in [0.1, 0.15) is 0 Å². The van der Waals surface area contributed by atoms with Gasteiger partial charge in [-0.05, 0) is 13.0 Å². The lowest BCUT2D eigenvalue weighted by Gasteiger charge is -2.34. The first kappa shape index (κ1) is 11.9. The maximum absolute atomic E-state index is 11.0. The van der Waals surface area contributed by atoms with Gasteiger partial charge in [0.15, 0.2) is 0 Å². The van der Waals surface area contributed by atoms with Gasteiger partial charge >= 0.3 is 0 Å². The molecule has 0 radical (unpaired) electrons. The summed E-state index contributed by atoms with van der Waals surface area (Å²) in [6, 6.07) is 7.09. The lowest BCUT2D eigenvalue weighted by atomic mass is 10.1. The number of carbonyl (C=O) groups excluding carboxylic acids is 1. The van der Waals surface area contributed by atoms with Crippen molar-refractivity contribution in [1.82, 2.24) is 0 Å². The quantitative estimate of drug-likeness (QED) is 0.713. The molecule has 1 aliphatic heterocycles. The van der Waals surface area contributed by atoms with Crippen LogP contribution >= 0.6 is 0 Å². The van der Waals surface area contributed by atoms with Crippen LogP contribution in [0, 0.1) is 0 Å². The van der Waals surface area contributed by atoms with Crippen molar-refractivity contribution in [3.63, 3.8) is 0 Å². The summed E-state index contributed by atoms with van der Waals surface area (Å²) in [5.41, 5.74) is 1.09. The molecule has 0 bridgehead atoms. The summed E-state index contributed by atoms with van der Waals surface area (Å²) in [6.07, 6.45) is 0. The molecule has 0 unspecified atom stereocenters. The summed E-state index contributed by atoms with van der Waals surface area (Å²) in [5.74, 6) is -1.09. The van der Waals surface area contributed by atoms with E-state index < -0.39 is 5.97 Å². The molecule has 4 nitrogen and oxygen atoms in total. The largest absolute Gasteiger partial charge is 0.545 e. The van der Waals surface area contributed by atoms with Crippen LogP contribution in [-0.4, -0.2) is 38.7 Å². The number of carbonyl (C=O) groups is 1. The van der Waals surface area contributed by atoms with E-state index in [1.54, 1.807) is 17.0 Å². The first-order chi connectivity index (χ1) is 8.22.